The lowest BCUT2D eigenvalue weighted by Crippen LogP contribution is -2.29. The molecule has 3 heteroatoms. The summed E-state index contributed by atoms with van der Waals surface area (Å²) < 4.78 is 13.8. The molecule has 2 aliphatic rings. The summed E-state index contributed by atoms with van der Waals surface area (Å²) in [5.74, 6) is 2.48. The Morgan fingerprint density at radius 2 is 2.16 bits per heavy atom. The fraction of sp³-hybridized carbons (Fsp3) is 0.625. The average molecular weight is 262 g/mol. The maximum Gasteiger partial charge on any atom is 0.129 e. The summed E-state index contributed by atoms with van der Waals surface area (Å²) in [4.78, 5) is 2.20. The lowest BCUT2D eigenvalue weighted by Gasteiger charge is -2.29. The molecule has 0 aromatic heterocycles. The zero-order valence-electron chi connectivity index (χ0n) is 11.6. The van der Waals surface area contributed by atoms with Crippen LogP contribution in [0.2, 0.25) is 0 Å². The second kappa shape index (κ2) is 5.12. The van der Waals surface area contributed by atoms with Gasteiger partial charge in [0.15, 0.2) is 0 Å². The van der Waals surface area contributed by atoms with Crippen LogP contribution >= 0.6 is 0 Å². The molecular weight excluding hydrogens is 239 g/mol. The molecule has 3 atom stereocenters. The third-order valence-corrected chi connectivity index (χ3v) is 5.10. The molecule has 2 saturated carbocycles. The number of hydrogen-bond acceptors (Lipinski definition) is 2. The largest absolute Gasteiger partial charge is 0.374 e. The minimum Gasteiger partial charge on any atom is -0.374 e. The van der Waals surface area contributed by atoms with Crippen molar-refractivity contribution in [3.63, 3.8) is 0 Å². The highest BCUT2D eigenvalue weighted by atomic mass is 19.1. The predicted molar refractivity (Wildman–Crippen MR) is 76.5 cm³/mol. The molecule has 0 radical (unpaired) electrons. The van der Waals surface area contributed by atoms with E-state index in [9.17, 15) is 4.39 Å². The van der Waals surface area contributed by atoms with Crippen LogP contribution in [0.4, 0.5) is 10.1 Å². The zero-order chi connectivity index (χ0) is 13.4. The van der Waals surface area contributed by atoms with E-state index in [-0.39, 0.29) is 12.4 Å². The lowest BCUT2D eigenvalue weighted by atomic mass is 9.88. The van der Waals surface area contributed by atoms with Crippen LogP contribution < -0.4 is 10.6 Å². The summed E-state index contributed by atoms with van der Waals surface area (Å²) >= 11 is 0. The van der Waals surface area contributed by atoms with E-state index >= 15 is 0 Å². The predicted octanol–water partition coefficient (Wildman–Crippen LogP) is 3.16. The normalized spacial score (nSPS) is 28.9. The number of nitrogens with two attached hydrogens (primary N) is 1. The van der Waals surface area contributed by atoms with Crippen molar-refractivity contribution < 1.29 is 4.39 Å². The Morgan fingerprint density at radius 3 is 2.79 bits per heavy atom. The van der Waals surface area contributed by atoms with Crippen LogP contribution in [-0.2, 0) is 6.54 Å². The van der Waals surface area contributed by atoms with Crippen LogP contribution in [0.1, 0.15) is 31.2 Å². The van der Waals surface area contributed by atoms with Crippen LogP contribution in [0.3, 0.4) is 0 Å². The van der Waals surface area contributed by atoms with Crippen molar-refractivity contribution in [3.05, 3.63) is 29.6 Å². The molecule has 0 saturated heterocycles. The van der Waals surface area contributed by atoms with Gasteiger partial charge < -0.3 is 10.6 Å². The topological polar surface area (TPSA) is 29.3 Å². The highest BCUT2D eigenvalue weighted by molar-refractivity contribution is 5.53. The summed E-state index contributed by atoms with van der Waals surface area (Å²) in [6.07, 6.45) is 5.61. The van der Waals surface area contributed by atoms with E-state index in [1.807, 2.05) is 6.07 Å². The fourth-order valence-corrected chi connectivity index (χ4v) is 4.16. The molecule has 2 fully saturated rings. The van der Waals surface area contributed by atoms with Gasteiger partial charge in [0.2, 0.25) is 0 Å². The molecule has 1 aromatic carbocycles. The molecule has 0 aliphatic heterocycles. The van der Waals surface area contributed by atoms with Crippen molar-refractivity contribution in [2.75, 3.05) is 18.5 Å². The van der Waals surface area contributed by atoms with Crippen LogP contribution in [0.5, 0.6) is 0 Å². The van der Waals surface area contributed by atoms with Crippen molar-refractivity contribution >= 4 is 5.69 Å². The molecule has 2 aliphatic carbocycles. The fourth-order valence-electron chi connectivity index (χ4n) is 4.16. The average Bonchev–Trinajstić information content (AvgIpc) is 3.00. The Morgan fingerprint density at radius 1 is 1.32 bits per heavy atom. The quantitative estimate of drug-likeness (QED) is 0.903. The first-order valence-electron chi connectivity index (χ1n) is 7.37. The van der Waals surface area contributed by atoms with Crippen molar-refractivity contribution in [1.82, 2.24) is 0 Å². The highest BCUT2D eigenvalue weighted by Crippen LogP contribution is 2.48. The van der Waals surface area contributed by atoms with E-state index < -0.39 is 0 Å². The van der Waals surface area contributed by atoms with Gasteiger partial charge in [-0.3, -0.25) is 0 Å². The number of fused-ring (bicyclic) bond motifs is 2. The molecule has 3 unspecified atom stereocenters. The molecule has 2 N–H and O–H groups in total. The van der Waals surface area contributed by atoms with Crippen LogP contribution in [0, 0.1) is 23.6 Å². The Kier molecular flexibility index (Phi) is 3.48. The molecular formula is C16H23FN2. The third-order valence-electron chi connectivity index (χ3n) is 5.10. The van der Waals surface area contributed by atoms with E-state index in [4.69, 9.17) is 5.73 Å². The van der Waals surface area contributed by atoms with Gasteiger partial charge >= 0.3 is 0 Å². The van der Waals surface area contributed by atoms with Gasteiger partial charge in [0.05, 0.1) is 0 Å². The van der Waals surface area contributed by atoms with Gasteiger partial charge in [0, 0.05) is 31.4 Å². The number of nitrogens with zero attached hydrogens (tertiary/aromatic N) is 1. The smallest absolute Gasteiger partial charge is 0.129 e. The van der Waals surface area contributed by atoms with Gasteiger partial charge in [-0.1, -0.05) is 12.5 Å². The lowest BCUT2D eigenvalue weighted by molar-refractivity contribution is 0.337. The Hall–Kier alpha value is -1.09. The van der Waals surface area contributed by atoms with E-state index in [0.29, 0.717) is 5.56 Å². The number of rotatable bonds is 4. The van der Waals surface area contributed by atoms with Crippen LogP contribution in [0.25, 0.3) is 0 Å². The van der Waals surface area contributed by atoms with Gasteiger partial charge in [-0.25, -0.2) is 4.39 Å². The van der Waals surface area contributed by atoms with Gasteiger partial charge in [0.25, 0.3) is 0 Å². The van der Waals surface area contributed by atoms with Crippen molar-refractivity contribution in [3.8, 4) is 0 Å². The van der Waals surface area contributed by atoms with Gasteiger partial charge in [-0.15, -0.1) is 0 Å². The van der Waals surface area contributed by atoms with Crippen molar-refractivity contribution in [2.45, 2.75) is 32.2 Å². The third kappa shape index (κ3) is 2.36. The molecule has 0 spiro atoms. The molecule has 0 heterocycles. The number of halogens is 1. The first kappa shape index (κ1) is 12.9. The summed E-state index contributed by atoms with van der Waals surface area (Å²) in [6, 6.07) is 5.26. The molecule has 3 rings (SSSR count). The van der Waals surface area contributed by atoms with Gasteiger partial charge in [-0.05, 0) is 49.1 Å². The highest BCUT2D eigenvalue weighted by Gasteiger charge is 2.39. The Balaban J connectivity index is 1.73. The van der Waals surface area contributed by atoms with E-state index in [1.165, 1.54) is 31.7 Å². The molecule has 2 nitrogen and oxygen atoms in total. The second-order valence-electron chi connectivity index (χ2n) is 6.26. The SMILES string of the molecule is CN(CC1CC2CCC1C2)c1cccc(F)c1CN. The Labute approximate surface area is 114 Å². The summed E-state index contributed by atoms with van der Waals surface area (Å²) in [5, 5.41) is 0. The Bertz CT molecular complexity index is 460. The van der Waals surface area contributed by atoms with Crippen LogP contribution in [0.15, 0.2) is 18.2 Å². The second-order valence-corrected chi connectivity index (χ2v) is 6.26. The maximum atomic E-state index is 13.8. The number of benzene rings is 1. The summed E-state index contributed by atoms with van der Waals surface area (Å²) in [5.41, 5.74) is 7.30. The molecule has 2 bridgehead atoms. The maximum absolute atomic E-state index is 13.8. The molecule has 104 valence electrons. The summed E-state index contributed by atoms with van der Waals surface area (Å²) in [6.45, 7) is 1.31. The van der Waals surface area contributed by atoms with E-state index in [1.54, 1.807) is 6.07 Å². The van der Waals surface area contributed by atoms with Gasteiger partial charge in [-0.2, -0.15) is 0 Å². The summed E-state index contributed by atoms with van der Waals surface area (Å²) in [7, 11) is 2.07. The van der Waals surface area contributed by atoms with Crippen molar-refractivity contribution in [1.29, 1.82) is 0 Å². The van der Waals surface area contributed by atoms with Crippen molar-refractivity contribution in [2.24, 2.45) is 23.5 Å². The van der Waals surface area contributed by atoms with E-state index in [0.717, 1.165) is 30.0 Å². The molecule has 19 heavy (non-hydrogen) atoms. The first-order valence-corrected chi connectivity index (χ1v) is 7.37. The molecule has 1 aromatic rings. The zero-order valence-corrected chi connectivity index (χ0v) is 11.6. The van der Waals surface area contributed by atoms with Crippen LogP contribution in [-0.4, -0.2) is 13.6 Å². The monoisotopic (exact) mass is 262 g/mol. The minimum atomic E-state index is -0.181. The number of hydrogen-bond donors (Lipinski definition) is 1. The minimum absolute atomic E-state index is 0.181. The first-order chi connectivity index (χ1) is 9.19. The number of anilines is 1. The van der Waals surface area contributed by atoms with Gasteiger partial charge in [0.1, 0.15) is 5.82 Å². The van der Waals surface area contributed by atoms with E-state index in [2.05, 4.69) is 11.9 Å². The molecule has 0 amide bonds. The standard InChI is InChI=1S/C16H23FN2/c1-19(10-13-8-11-5-6-12(13)7-11)16-4-2-3-15(17)14(16)9-18/h2-4,11-13H,5-10,18H2,1H3.